The van der Waals surface area contributed by atoms with Crippen molar-refractivity contribution in [2.24, 2.45) is 0 Å². The van der Waals surface area contributed by atoms with Gasteiger partial charge in [-0.15, -0.1) is 0 Å². The van der Waals surface area contributed by atoms with Crippen LogP contribution in [-0.2, 0) is 5.41 Å². The van der Waals surface area contributed by atoms with Crippen LogP contribution < -0.4 is 0 Å². The molecule has 2 aliphatic rings. The van der Waals surface area contributed by atoms with Crippen molar-refractivity contribution in [1.82, 2.24) is 0 Å². The fraction of sp³-hybridized carbons (Fsp3) is 0.429. The molecule has 4 rings (SSSR count). The van der Waals surface area contributed by atoms with Crippen molar-refractivity contribution >= 4 is 15.9 Å². The Labute approximate surface area is 142 Å². The van der Waals surface area contributed by atoms with E-state index in [0.29, 0.717) is 0 Å². The Morgan fingerprint density at radius 1 is 0.864 bits per heavy atom. The molecule has 0 aliphatic heterocycles. The summed E-state index contributed by atoms with van der Waals surface area (Å²) in [5.74, 6) is 0.783. The molecule has 0 nitrogen and oxygen atoms in total. The van der Waals surface area contributed by atoms with Gasteiger partial charge >= 0.3 is 0 Å². The molecule has 0 heterocycles. The number of hydrogen-bond donors (Lipinski definition) is 0. The summed E-state index contributed by atoms with van der Waals surface area (Å²) in [6.45, 7) is 4.74. The second-order valence-electron chi connectivity index (χ2n) is 7.45. The molecule has 0 N–H and O–H groups in total. The zero-order valence-corrected chi connectivity index (χ0v) is 15.0. The molecule has 22 heavy (non-hydrogen) atoms. The molecule has 1 fully saturated rings. The van der Waals surface area contributed by atoms with E-state index in [2.05, 4.69) is 66.2 Å². The Kier molecular flexibility index (Phi) is 3.45. The SMILES string of the molecule is CC1(C)c2cc(Br)ccc2-c2ccc(C3CCCCC3)cc21. The fourth-order valence-electron chi connectivity index (χ4n) is 4.42. The number of halogens is 1. The Hall–Kier alpha value is -1.08. The zero-order chi connectivity index (χ0) is 15.3. The van der Waals surface area contributed by atoms with Crippen molar-refractivity contribution in [1.29, 1.82) is 0 Å². The maximum atomic E-state index is 3.64. The third-order valence-corrected chi connectivity index (χ3v) is 6.23. The standard InChI is InChI=1S/C21H23Br/c1-21(2)19-12-15(14-6-4-3-5-7-14)8-10-17(19)18-11-9-16(22)13-20(18)21/h8-14H,3-7H2,1-2H3. The molecule has 0 aromatic heterocycles. The van der Waals surface area contributed by atoms with Crippen molar-refractivity contribution in [3.63, 3.8) is 0 Å². The topological polar surface area (TPSA) is 0 Å². The van der Waals surface area contributed by atoms with E-state index in [1.54, 1.807) is 5.56 Å². The van der Waals surface area contributed by atoms with E-state index >= 15 is 0 Å². The smallest absolute Gasteiger partial charge is 0.0178 e. The third-order valence-electron chi connectivity index (χ3n) is 5.74. The van der Waals surface area contributed by atoms with Crippen LogP contribution >= 0.6 is 15.9 Å². The summed E-state index contributed by atoms with van der Waals surface area (Å²) in [5, 5.41) is 0. The Bertz CT molecular complexity index is 721. The highest BCUT2D eigenvalue weighted by atomic mass is 79.9. The number of rotatable bonds is 1. The van der Waals surface area contributed by atoms with Gasteiger partial charge in [-0.1, -0.05) is 73.3 Å². The highest BCUT2D eigenvalue weighted by molar-refractivity contribution is 9.10. The first-order valence-corrected chi connectivity index (χ1v) is 9.31. The first-order chi connectivity index (χ1) is 10.6. The molecule has 0 saturated heterocycles. The van der Waals surface area contributed by atoms with Crippen molar-refractivity contribution in [2.45, 2.75) is 57.3 Å². The summed E-state index contributed by atoms with van der Waals surface area (Å²) in [7, 11) is 0. The minimum absolute atomic E-state index is 0.110. The van der Waals surface area contributed by atoms with Crippen LogP contribution in [0.5, 0.6) is 0 Å². The lowest BCUT2D eigenvalue weighted by molar-refractivity contribution is 0.443. The molecule has 1 saturated carbocycles. The summed E-state index contributed by atoms with van der Waals surface area (Å²) in [6.07, 6.45) is 6.97. The Balaban J connectivity index is 1.82. The lowest BCUT2D eigenvalue weighted by Gasteiger charge is -2.25. The second kappa shape index (κ2) is 5.23. The van der Waals surface area contributed by atoms with Crippen molar-refractivity contribution < 1.29 is 0 Å². The lowest BCUT2D eigenvalue weighted by atomic mass is 9.79. The normalized spacial score (nSPS) is 19.8. The molecular weight excluding hydrogens is 332 g/mol. The molecule has 2 aliphatic carbocycles. The van der Waals surface area contributed by atoms with Gasteiger partial charge in [0, 0.05) is 9.89 Å². The van der Waals surface area contributed by atoms with E-state index in [1.165, 1.54) is 58.8 Å². The van der Waals surface area contributed by atoms with Crippen LogP contribution in [0.3, 0.4) is 0 Å². The zero-order valence-electron chi connectivity index (χ0n) is 13.5. The van der Waals surface area contributed by atoms with Gasteiger partial charge in [0.1, 0.15) is 0 Å². The largest absolute Gasteiger partial charge is 0.0581 e. The molecule has 114 valence electrons. The van der Waals surface area contributed by atoms with Gasteiger partial charge in [-0.3, -0.25) is 0 Å². The monoisotopic (exact) mass is 354 g/mol. The molecule has 0 spiro atoms. The van der Waals surface area contributed by atoms with E-state index in [4.69, 9.17) is 0 Å². The molecule has 2 aromatic rings. The first kappa shape index (κ1) is 14.5. The van der Waals surface area contributed by atoms with Crippen LogP contribution in [0, 0.1) is 0 Å². The van der Waals surface area contributed by atoms with E-state index in [0.717, 1.165) is 5.92 Å². The maximum absolute atomic E-state index is 3.64. The fourth-order valence-corrected chi connectivity index (χ4v) is 4.78. The Morgan fingerprint density at radius 2 is 1.50 bits per heavy atom. The van der Waals surface area contributed by atoms with Crippen LogP contribution in [0.25, 0.3) is 11.1 Å². The highest BCUT2D eigenvalue weighted by Crippen LogP contribution is 2.50. The first-order valence-electron chi connectivity index (χ1n) is 8.52. The lowest BCUT2D eigenvalue weighted by Crippen LogP contribution is -2.16. The van der Waals surface area contributed by atoms with E-state index in [1.807, 2.05) is 0 Å². The summed E-state index contributed by atoms with van der Waals surface area (Å²) in [5.41, 5.74) is 7.50. The van der Waals surface area contributed by atoms with Gasteiger partial charge in [0.2, 0.25) is 0 Å². The Morgan fingerprint density at radius 3 is 2.23 bits per heavy atom. The van der Waals surface area contributed by atoms with Gasteiger partial charge in [-0.2, -0.15) is 0 Å². The molecule has 0 bridgehead atoms. The van der Waals surface area contributed by atoms with Crippen LogP contribution in [0.15, 0.2) is 40.9 Å². The molecule has 2 aromatic carbocycles. The van der Waals surface area contributed by atoms with Gasteiger partial charge in [0.15, 0.2) is 0 Å². The third kappa shape index (κ3) is 2.17. The summed E-state index contributed by atoms with van der Waals surface area (Å²) < 4.78 is 1.18. The predicted octanol–water partition coefficient (Wildman–Crippen LogP) is 6.80. The van der Waals surface area contributed by atoms with Crippen molar-refractivity contribution in [2.75, 3.05) is 0 Å². The predicted molar refractivity (Wildman–Crippen MR) is 97.5 cm³/mol. The molecule has 0 atom stereocenters. The van der Waals surface area contributed by atoms with E-state index in [9.17, 15) is 0 Å². The molecule has 0 radical (unpaired) electrons. The summed E-state index contributed by atoms with van der Waals surface area (Å²) >= 11 is 3.64. The summed E-state index contributed by atoms with van der Waals surface area (Å²) in [4.78, 5) is 0. The van der Waals surface area contributed by atoms with Crippen molar-refractivity contribution in [3.05, 3.63) is 57.6 Å². The van der Waals surface area contributed by atoms with Crippen LogP contribution in [-0.4, -0.2) is 0 Å². The molecule has 1 heteroatoms. The maximum Gasteiger partial charge on any atom is 0.0178 e. The number of benzene rings is 2. The molecular formula is C21H23Br. The van der Waals surface area contributed by atoms with Gasteiger partial charge in [-0.05, 0) is 58.7 Å². The molecule has 0 unspecified atom stereocenters. The van der Waals surface area contributed by atoms with Crippen molar-refractivity contribution in [3.8, 4) is 11.1 Å². The average Bonchev–Trinajstić information content (AvgIpc) is 2.76. The highest BCUT2D eigenvalue weighted by Gasteiger charge is 2.36. The average molecular weight is 355 g/mol. The quantitative estimate of drug-likeness (QED) is 0.527. The van der Waals surface area contributed by atoms with Crippen LogP contribution in [0.2, 0.25) is 0 Å². The van der Waals surface area contributed by atoms with Gasteiger partial charge in [0.05, 0.1) is 0 Å². The van der Waals surface area contributed by atoms with Gasteiger partial charge < -0.3 is 0 Å². The van der Waals surface area contributed by atoms with E-state index in [-0.39, 0.29) is 5.41 Å². The summed E-state index contributed by atoms with van der Waals surface area (Å²) in [6, 6.07) is 14.0. The van der Waals surface area contributed by atoms with Crippen LogP contribution in [0.4, 0.5) is 0 Å². The van der Waals surface area contributed by atoms with Gasteiger partial charge in [0.25, 0.3) is 0 Å². The minimum Gasteiger partial charge on any atom is -0.0581 e. The number of fused-ring (bicyclic) bond motifs is 3. The minimum atomic E-state index is 0.110. The van der Waals surface area contributed by atoms with Gasteiger partial charge in [-0.25, -0.2) is 0 Å². The molecule has 0 amide bonds. The van der Waals surface area contributed by atoms with Crippen LogP contribution in [0.1, 0.15) is 68.6 Å². The second-order valence-corrected chi connectivity index (χ2v) is 8.37. The van der Waals surface area contributed by atoms with E-state index < -0.39 is 0 Å². The number of hydrogen-bond acceptors (Lipinski definition) is 0.